The zero-order chi connectivity index (χ0) is 21.1. The Balaban J connectivity index is 1.33. The number of imide groups is 1. The number of nitrogens with zero attached hydrogens (tertiary/aromatic N) is 1. The summed E-state index contributed by atoms with van der Waals surface area (Å²) in [7, 11) is 0. The first-order chi connectivity index (χ1) is 14.5. The van der Waals surface area contributed by atoms with E-state index in [1.54, 1.807) is 24.3 Å². The van der Waals surface area contributed by atoms with Gasteiger partial charge in [-0.05, 0) is 35.7 Å². The van der Waals surface area contributed by atoms with Crippen molar-refractivity contribution in [1.82, 2.24) is 10.2 Å². The number of nitrogens with one attached hydrogen (secondary N) is 1. The van der Waals surface area contributed by atoms with Crippen molar-refractivity contribution in [2.45, 2.75) is 19.4 Å². The van der Waals surface area contributed by atoms with Crippen molar-refractivity contribution in [3.63, 3.8) is 0 Å². The molecule has 3 aromatic rings. The topological polar surface area (TPSA) is 66.5 Å². The van der Waals surface area contributed by atoms with E-state index in [9.17, 15) is 14.4 Å². The predicted molar refractivity (Wildman–Crippen MR) is 115 cm³/mol. The average Bonchev–Trinajstić information content (AvgIpc) is 3.03. The monoisotopic (exact) mass is 398 g/mol. The van der Waals surface area contributed by atoms with E-state index in [0.717, 1.165) is 21.6 Å². The van der Waals surface area contributed by atoms with Gasteiger partial charge in [-0.25, -0.2) is 0 Å². The van der Waals surface area contributed by atoms with Crippen LogP contribution in [0.25, 0.3) is 11.1 Å². The molecule has 1 unspecified atom stereocenters. The minimum Gasteiger partial charge on any atom is -0.350 e. The number of benzene rings is 3. The summed E-state index contributed by atoms with van der Waals surface area (Å²) < 4.78 is 0. The molecule has 0 saturated heterocycles. The van der Waals surface area contributed by atoms with E-state index in [-0.39, 0.29) is 36.7 Å². The van der Waals surface area contributed by atoms with Gasteiger partial charge in [0.15, 0.2) is 0 Å². The number of hydrogen-bond acceptors (Lipinski definition) is 3. The van der Waals surface area contributed by atoms with E-state index in [1.165, 1.54) is 0 Å². The third-order valence-electron chi connectivity index (χ3n) is 5.34. The van der Waals surface area contributed by atoms with E-state index in [1.807, 2.05) is 49.4 Å². The Kier molecular flexibility index (Phi) is 5.44. The molecule has 1 aliphatic heterocycles. The maximum absolute atomic E-state index is 12.4. The highest BCUT2D eigenvalue weighted by Gasteiger charge is 2.35. The van der Waals surface area contributed by atoms with Gasteiger partial charge in [-0.1, -0.05) is 66.7 Å². The van der Waals surface area contributed by atoms with Crippen molar-refractivity contribution in [3.8, 4) is 11.1 Å². The fourth-order valence-electron chi connectivity index (χ4n) is 3.65. The van der Waals surface area contributed by atoms with Gasteiger partial charge in [0.1, 0.15) is 0 Å². The van der Waals surface area contributed by atoms with Gasteiger partial charge in [0, 0.05) is 13.0 Å². The molecule has 5 nitrogen and oxygen atoms in total. The second-order valence-corrected chi connectivity index (χ2v) is 7.33. The fourth-order valence-corrected chi connectivity index (χ4v) is 3.65. The highest BCUT2D eigenvalue weighted by atomic mass is 16.2. The minimum atomic E-state index is -0.340. The van der Waals surface area contributed by atoms with Gasteiger partial charge in [-0.15, -0.1) is 0 Å². The molecular weight excluding hydrogens is 376 g/mol. The Labute approximate surface area is 175 Å². The highest BCUT2D eigenvalue weighted by molar-refractivity contribution is 6.21. The third-order valence-corrected chi connectivity index (χ3v) is 5.34. The first-order valence-electron chi connectivity index (χ1n) is 9.94. The largest absolute Gasteiger partial charge is 0.350 e. The van der Waals surface area contributed by atoms with Crippen LogP contribution in [0.4, 0.5) is 0 Å². The Morgan fingerprint density at radius 1 is 0.800 bits per heavy atom. The van der Waals surface area contributed by atoms with Crippen LogP contribution in [0.15, 0.2) is 78.9 Å². The van der Waals surface area contributed by atoms with Crippen LogP contribution in [0.2, 0.25) is 0 Å². The summed E-state index contributed by atoms with van der Waals surface area (Å²) in [6, 6.07) is 24.7. The summed E-state index contributed by atoms with van der Waals surface area (Å²) >= 11 is 0. The Bertz CT molecular complexity index is 1060. The molecule has 0 saturated carbocycles. The normalized spacial score (nSPS) is 13.8. The number of amides is 3. The molecule has 0 spiro atoms. The summed E-state index contributed by atoms with van der Waals surface area (Å²) in [6.07, 6.45) is 0.0674. The van der Waals surface area contributed by atoms with Crippen molar-refractivity contribution in [3.05, 3.63) is 95.6 Å². The lowest BCUT2D eigenvalue weighted by atomic mass is 10.0. The minimum absolute atomic E-state index is 0.0673. The number of fused-ring (bicyclic) bond motifs is 1. The summed E-state index contributed by atoms with van der Waals surface area (Å²) in [4.78, 5) is 38.3. The highest BCUT2D eigenvalue weighted by Crippen LogP contribution is 2.23. The van der Waals surface area contributed by atoms with Crippen LogP contribution in [-0.4, -0.2) is 29.2 Å². The van der Waals surface area contributed by atoms with E-state index >= 15 is 0 Å². The van der Waals surface area contributed by atoms with Crippen LogP contribution in [0.5, 0.6) is 0 Å². The Morgan fingerprint density at radius 3 is 1.93 bits per heavy atom. The van der Waals surface area contributed by atoms with Crippen LogP contribution < -0.4 is 5.32 Å². The van der Waals surface area contributed by atoms with Crippen LogP contribution in [0.1, 0.15) is 45.7 Å². The van der Waals surface area contributed by atoms with E-state index in [4.69, 9.17) is 0 Å². The second-order valence-electron chi connectivity index (χ2n) is 7.33. The maximum atomic E-state index is 12.4. The average molecular weight is 398 g/mol. The lowest BCUT2D eigenvalue weighted by Gasteiger charge is -2.17. The predicted octanol–water partition coefficient (Wildman–Crippen LogP) is 4.22. The lowest BCUT2D eigenvalue weighted by molar-refractivity contribution is -0.121. The first-order valence-corrected chi connectivity index (χ1v) is 9.94. The molecule has 3 aromatic carbocycles. The molecule has 1 N–H and O–H groups in total. The first kappa shape index (κ1) is 19.6. The molecule has 0 radical (unpaired) electrons. The van der Waals surface area contributed by atoms with Crippen LogP contribution in [0.3, 0.4) is 0 Å². The van der Waals surface area contributed by atoms with Gasteiger partial charge in [0.2, 0.25) is 5.91 Å². The van der Waals surface area contributed by atoms with Crippen LogP contribution >= 0.6 is 0 Å². The zero-order valence-electron chi connectivity index (χ0n) is 16.7. The van der Waals surface area contributed by atoms with E-state index in [2.05, 4.69) is 17.4 Å². The molecule has 0 bridgehead atoms. The van der Waals surface area contributed by atoms with Crippen molar-refractivity contribution in [2.75, 3.05) is 6.54 Å². The number of hydrogen-bond donors (Lipinski definition) is 1. The summed E-state index contributed by atoms with van der Waals surface area (Å²) in [5.41, 5.74) is 4.04. The standard InChI is InChI=1S/C25H22N2O3/c1-17(18-11-13-20(14-12-18)19-7-3-2-4-8-19)26-23(28)15-16-27-24(29)21-9-5-6-10-22(21)25(27)30/h2-14,17H,15-16H2,1H3,(H,26,28). The molecule has 0 aromatic heterocycles. The molecule has 0 fully saturated rings. The van der Waals surface area contributed by atoms with E-state index < -0.39 is 0 Å². The van der Waals surface area contributed by atoms with Gasteiger partial charge >= 0.3 is 0 Å². The van der Waals surface area contributed by atoms with Crippen molar-refractivity contribution >= 4 is 17.7 Å². The molecule has 0 aliphatic carbocycles. The summed E-state index contributed by atoms with van der Waals surface area (Å²) in [5, 5.41) is 2.94. The lowest BCUT2D eigenvalue weighted by Crippen LogP contribution is -2.35. The maximum Gasteiger partial charge on any atom is 0.261 e. The quantitative estimate of drug-likeness (QED) is 0.633. The Morgan fingerprint density at radius 2 is 1.33 bits per heavy atom. The van der Waals surface area contributed by atoms with Gasteiger partial charge in [-0.3, -0.25) is 19.3 Å². The molecule has 30 heavy (non-hydrogen) atoms. The SMILES string of the molecule is CC(NC(=O)CCN1C(=O)c2ccccc2C1=O)c1ccc(-c2ccccc2)cc1. The molecule has 1 heterocycles. The second kappa shape index (κ2) is 8.33. The van der Waals surface area contributed by atoms with Crippen molar-refractivity contribution < 1.29 is 14.4 Å². The molecule has 1 aliphatic rings. The molecule has 3 amide bonds. The number of carbonyl (C=O) groups is 3. The zero-order valence-corrected chi connectivity index (χ0v) is 16.7. The smallest absolute Gasteiger partial charge is 0.261 e. The fraction of sp³-hybridized carbons (Fsp3) is 0.160. The number of carbonyl (C=O) groups excluding carboxylic acids is 3. The van der Waals surface area contributed by atoms with Gasteiger partial charge in [0.05, 0.1) is 17.2 Å². The van der Waals surface area contributed by atoms with E-state index in [0.29, 0.717) is 11.1 Å². The summed E-state index contributed by atoms with van der Waals surface area (Å²) in [6.45, 7) is 1.98. The molecule has 150 valence electrons. The number of rotatable bonds is 6. The molecular formula is C25H22N2O3. The van der Waals surface area contributed by atoms with Gasteiger partial charge < -0.3 is 5.32 Å². The van der Waals surface area contributed by atoms with Crippen LogP contribution in [0, 0.1) is 0 Å². The molecule has 1 atom stereocenters. The molecule has 5 heteroatoms. The van der Waals surface area contributed by atoms with Crippen molar-refractivity contribution in [2.24, 2.45) is 0 Å². The van der Waals surface area contributed by atoms with Gasteiger partial charge in [0.25, 0.3) is 11.8 Å². The van der Waals surface area contributed by atoms with Crippen LogP contribution in [-0.2, 0) is 4.79 Å². The Hall–Kier alpha value is -3.73. The summed E-state index contributed by atoms with van der Waals surface area (Å²) in [5.74, 6) is -0.882. The third kappa shape index (κ3) is 3.87. The molecule has 4 rings (SSSR count). The van der Waals surface area contributed by atoms with Gasteiger partial charge in [-0.2, -0.15) is 0 Å². The van der Waals surface area contributed by atoms with Crippen molar-refractivity contribution in [1.29, 1.82) is 0 Å².